The Bertz CT molecular complexity index is 382. The molecule has 0 amide bonds. The first-order chi connectivity index (χ1) is 6.45. The number of benzene rings is 1. The van der Waals surface area contributed by atoms with Gasteiger partial charge in [-0.1, -0.05) is 36.4 Å². The molecular weight excluding hydrogens is 189 g/mol. The Morgan fingerprint density at radius 1 is 1.36 bits per heavy atom. The standard InChI is InChI=1S/C11H9F3/c1-3-10(11(12,13)14)9-6-4-5-8(2)7-9/h4-7H,1H2,2H3. The number of alkyl halides is 3. The van der Waals surface area contributed by atoms with E-state index >= 15 is 0 Å². The van der Waals surface area contributed by atoms with Crippen molar-refractivity contribution in [1.29, 1.82) is 0 Å². The molecule has 0 aliphatic heterocycles. The van der Waals surface area contributed by atoms with Gasteiger partial charge in [-0.3, -0.25) is 0 Å². The van der Waals surface area contributed by atoms with Gasteiger partial charge in [0.15, 0.2) is 0 Å². The van der Waals surface area contributed by atoms with Crippen LogP contribution in [0, 0.1) is 6.92 Å². The number of hydrogen-bond donors (Lipinski definition) is 0. The zero-order chi connectivity index (χ0) is 10.8. The smallest absolute Gasteiger partial charge is 0.165 e. The summed E-state index contributed by atoms with van der Waals surface area (Å²) in [6.45, 7) is 4.79. The maximum Gasteiger partial charge on any atom is 0.424 e. The molecule has 0 fully saturated rings. The summed E-state index contributed by atoms with van der Waals surface area (Å²) in [5.74, 6) is 0. The van der Waals surface area contributed by atoms with Crippen LogP contribution in [0.3, 0.4) is 0 Å². The van der Waals surface area contributed by atoms with E-state index < -0.39 is 11.7 Å². The maximum absolute atomic E-state index is 12.4. The molecule has 14 heavy (non-hydrogen) atoms. The molecule has 3 heteroatoms. The number of allylic oxidation sites excluding steroid dienone is 1. The second-order valence-corrected chi connectivity index (χ2v) is 2.92. The summed E-state index contributed by atoms with van der Waals surface area (Å²) in [4.78, 5) is 0. The zero-order valence-corrected chi connectivity index (χ0v) is 7.65. The van der Waals surface area contributed by atoms with Gasteiger partial charge in [-0.05, 0) is 12.5 Å². The Labute approximate surface area is 80.4 Å². The minimum atomic E-state index is -4.39. The van der Waals surface area contributed by atoms with Gasteiger partial charge >= 0.3 is 6.18 Å². The molecule has 0 aliphatic carbocycles. The summed E-state index contributed by atoms with van der Waals surface area (Å²) >= 11 is 0. The second-order valence-electron chi connectivity index (χ2n) is 2.92. The Morgan fingerprint density at radius 3 is 2.43 bits per heavy atom. The highest BCUT2D eigenvalue weighted by Crippen LogP contribution is 2.32. The summed E-state index contributed by atoms with van der Waals surface area (Å²) < 4.78 is 37.2. The van der Waals surface area contributed by atoms with Crippen LogP contribution >= 0.6 is 0 Å². The Morgan fingerprint density at radius 2 is 2.00 bits per heavy atom. The van der Waals surface area contributed by atoms with E-state index in [-0.39, 0.29) is 5.56 Å². The molecule has 0 aromatic heterocycles. The van der Waals surface area contributed by atoms with Gasteiger partial charge in [-0.2, -0.15) is 13.2 Å². The Balaban J connectivity index is 3.23. The third-order valence-electron chi connectivity index (χ3n) is 1.77. The molecule has 74 valence electrons. The number of halogens is 3. The van der Waals surface area contributed by atoms with Gasteiger partial charge in [-0.25, -0.2) is 0 Å². The van der Waals surface area contributed by atoms with Crippen LogP contribution in [0.4, 0.5) is 13.2 Å². The van der Waals surface area contributed by atoms with Gasteiger partial charge in [0.25, 0.3) is 0 Å². The normalized spacial score (nSPS) is 10.9. The van der Waals surface area contributed by atoms with Gasteiger partial charge < -0.3 is 0 Å². The lowest BCUT2D eigenvalue weighted by atomic mass is 10.0. The van der Waals surface area contributed by atoms with Crippen LogP contribution in [-0.2, 0) is 0 Å². The van der Waals surface area contributed by atoms with E-state index in [0.29, 0.717) is 0 Å². The number of aryl methyl sites for hydroxylation is 1. The number of rotatable bonds is 1. The average Bonchev–Trinajstić information content (AvgIpc) is 2.02. The summed E-state index contributed by atoms with van der Waals surface area (Å²) in [6, 6.07) is 6.17. The Kier molecular flexibility index (Phi) is 2.82. The fourth-order valence-corrected chi connectivity index (χ4v) is 1.17. The van der Waals surface area contributed by atoms with Crippen LogP contribution in [0.2, 0.25) is 0 Å². The fraction of sp³-hybridized carbons (Fsp3) is 0.182. The lowest BCUT2D eigenvalue weighted by Crippen LogP contribution is -2.09. The lowest BCUT2D eigenvalue weighted by molar-refractivity contribution is -0.0687. The molecular formula is C11H9F3. The molecule has 0 unspecified atom stereocenters. The molecule has 0 bridgehead atoms. The van der Waals surface area contributed by atoms with Crippen molar-refractivity contribution in [2.24, 2.45) is 0 Å². The second kappa shape index (κ2) is 3.72. The summed E-state index contributed by atoms with van der Waals surface area (Å²) in [5.41, 5.74) is 1.99. The first-order valence-corrected chi connectivity index (χ1v) is 3.99. The molecule has 1 rings (SSSR count). The monoisotopic (exact) mass is 198 g/mol. The summed E-state index contributed by atoms with van der Waals surface area (Å²) in [6.07, 6.45) is -4.39. The van der Waals surface area contributed by atoms with E-state index in [4.69, 9.17) is 0 Å². The molecule has 0 nitrogen and oxygen atoms in total. The van der Waals surface area contributed by atoms with E-state index in [9.17, 15) is 13.2 Å². The zero-order valence-electron chi connectivity index (χ0n) is 7.65. The molecule has 0 radical (unpaired) electrons. The largest absolute Gasteiger partial charge is 0.424 e. The van der Waals surface area contributed by atoms with Crippen molar-refractivity contribution in [1.82, 2.24) is 0 Å². The predicted molar refractivity (Wildman–Crippen MR) is 49.8 cm³/mol. The van der Waals surface area contributed by atoms with Crippen molar-refractivity contribution in [2.45, 2.75) is 13.1 Å². The molecule has 0 saturated carbocycles. The molecule has 0 heterocycles. The van der Waals surface area contributed by atoms with Gasteiger partial charge in [0.05, 0.1) is 0 Å². The minimum absolute atomic E-state index is 0.104. The van der Waals surface area contributed by atoms with Crippen molar-refractivity contribution >= 4 is 5.57 Å². The van der Waals surface area contributed by atoms with E-state index in [1.165, 1.54) is 12.1 Å². The van der Waals surface area contributed by atoms with Crippen LogP contribution in [0.5, 0.6) is 0 Å². The van der Waals surface area contributed by atoms with Crippen molar-refractivity contribution in [3.8, 4) is 0 Å². The van der Waals surface area contributed by atoms with E-state index in [1.807, 2.05) is 5.73 Å². The SMILES string of the molecule is C=C=C(c1cccc(C)c1)C(F)(F)F. The topological polar surface area (TPSA) is 0 Å². The molecule has 0 spiro atoms. The van der Waals surface area contributed by atoms with Crippen molar-refractivity contribution < 1.29 is 13.2 Å². The first-order valence-electron chi connectivity index (χ1n) is 3.99. The highest BCUT2D eigenvalue weighted by Gasteiger charge is 2.34. The predicted octanol–water partition coefficient (Wildman–Crippen LogP) is 3.73. The van der Waals surface area contributed by atoms with Gasteiger partial charge in [0.2, 0.25) is 0 Å². The highest BCUT2D eigenvalue weighted by atomic mass is 19.4. The minimum Gasteiger partial charge on any atom is -0.165 e. The molecule has 1 aromatic carbocycles. The highest BCUT2D eigenvalue weighted by molar-refractivity contribution is 5.69. The summed E-state index contributed by atoms with van der Waals surface area (Å²) in [7, 11) is 0. The quantitative estimate of drug-likeness (QED) is 0.603. The van der Waals surface area contributed by atoms with Crippen LogP contribution < -0.4 is 0 Å². The van der Waals surface area contributed by atoms with Crippen molar-refractivity contribution in [2.75, 3.05) is 0 Å². The molecule has 1 aromatic rings. The van der Waals surface area contributed by atoms with Crippen LogP contribution in [0.15, 0.2) is 36.6 Å². The van der Waals surface area contributed by atoms with Crippen molar-refractivity contribution in [3.05, 3.63) is 47.7 Å². The molecule has 0 aliphatic rings. The average molecular weight is 198 g/mol. The van der Waals surface area contributed by atoms with Crippen LogP contribution in [-0.4, -0.2) is 6.18 Å². The number of hydrogen-bond acceptors (Lipinski definition) is 0. The fourth-order valence-electron chi connectivity index (χ4n) is 1.17. The third-order valence-corrected chi connectivity index (χ3v) is 1.77. The molecule has 0 N–H and O–H groups in total. The third kappa shape index (κ3) is 2.27. The van der Waals surface area contributed by atoms with Gasteiger partial charge in [0, 0.05) is 0 Å². The molecule has 0 atom stereocenters. The Hall–Kier alpha value is -1.47. The van der Waals surface area contributed by atoms with E-state index in [0.717, 1.165) is 5.56 Å². The van der Waals surface area contributed by atoms with E-state index in [2.05, 4.69) is 6.58 Å². The van der Waals surface area contributed by atoms with E-state index in [1.54, 1.807) is 19.1 Å². The van der Waals surface area contributed by atoms with Gasteiger partial charge in [0.1, 0.15) is 5.57 Å². The summed E-state index contributed by atoms with van der Waals surface area (Å²) in [5, 5.41) is 0. The molecule has 0 saturated heterocycles. The maximum atomic E-state index is 12.4. The van der Waals surface area contributed by atoms with Crippen molar-refractivity contribution in [3.63, 3.8) is 0 Å². The van der Waals surface area contributed by atoms with Crippen LogP contribution in [0.1, 0.15) is 11.1 Å². The first kappa shape index (κ1) is 10.6. The van der Waals surface area contributed by atoms with Gasteiger partial charge in [-0.15, -0.1) is 5.73 Å². The van der Waals surface area contributed by atoms with Crippen LogP contribution in [0.25, 0.3) is 5.57 Å². The lowest BCUT2D eigenvalue weighted by Gasteiger charge is -2.09.